The molecule has 0 aliphatic rings. The number of pyridine rings is 1. The predicted octanol–water partition coefficient (Wildman–Crippen LogP) is 14.5. The fourth-order valence-corrected chi connectivity index (χ4v) is 9.24. The summed E-state index contributed by atoms with van der Waals surface area (Å²) in [7, 11) is 0. The number of hydrogen-bond acceptors (Lipinski definition) is 2. The maximum Gasteiger partial charge on any atom is 0.219 e. The van der Waals surface area contributed by atoms with Crippen molar-refractivity contribution in [2.24, 2.45) is 0 Å². The van der Waals surface area contributed by atoms with Gasteiger partial charge < -0.3 is 4.57 Å². The third kappa shape index (κ3) is 6.44. The molecule has 4 heteroatoms. The van der Waals surface area contributed by atoms with Gasteiger partial charge in [0.15, 0.2) is 12.0 Å². The lowest BCUT2D eigenvalue weighted by Gasteiger charge is -2.11. The van der Waals surface area contributed by atoms with E-state index >= 15 is 0 Å². The van der Waals surface area contributed by atoms with Crippen molar-refractivity contribution in [1.82, 2.24) is 14.5 Å². The van der Waals surface area contributed by atoms with Crippen LogP contribution in [0.3, 0.4) is 0 Å². The monoisotopic (exact) mass is 803 g/mol. The fourth-order valence-electron chi connectivity index (χ4n) is 9.24. The maximum atomic E-state index is 5.10. The number of nitrogens with zero attached hydrogens (tertiary/aromatic N) is 4. The van der Waals surface area contributed by atoms with Crippen LogP contribution in [0.5, 0.6) is 0 Å². The van der Waals surface area contributed by atoms with Crippen LogP contribution in [0.4, 0.5) is 0 Å². The van der Waals surface area contributed by atoms with E-state index in [1.165, 1.54) is 49.0 Å². The van der Waals surface area contributed by atoms with Gasteiger partial charge in [-0.1, -0.05) is 164 Å². The zero-order valence-corrected chi connectivity index (χ0v) is 34.3. The fraction of sp³-hybridized carbons (Fsp3) is 0. The molecule has 0 fully saturated rings. The summed E-state index contributed by atoms with van der Waals surface area (Å²) in [5.74, 6) is 0.700. The normalized spacial score (nSPS) is 11.5. The number of fused-ring (bicyclic) bond motifs is 7. The third-order valence-corrected chi connectivity index (χ3v) is 12.3. The van der Waals surface area contributed by atoms with Gasteiger partial charge in [-0.3, -0.25) is 0 Å². The van der Waals surface area contributed by atoms with E-state index < -0.39 is 0 Å². The Morgan fingerprint density at radius 2 is 0.889 bits per heavy atom. The Balaban J connectivity index is 0.985. The van der Waals surface area contributed by atoms with Crippen LogP contribution in [-0.2, 0) is 0 Å². The highest BCUT2D eigenvalue weighted by Crippen LogP contribution is 2.41. The first-order valence-corrected chi connectivity index (χ1v) is 21.4. The van der Waals surface area contributed by atoms with Gasteiger partial charge in [-0.2, -0.15) is 4.57 Å². The Morgan fingerprint density at radius 1 is 0.349 bits per heavy atom. The van der Waals surface area contributed by atoms with Crippen LogP contribution in [0.1, 0.15) is 0 Å². The number of para-hydroxylation sites is 2. The predicted molar refractivity (Wildman–Crippen MR) is 260 cm³/mol. The minimum Gasteiger partial charge on any atom is -0.309 e. The lowest BCUT2D eigenvalue weighted by molar-refractivity contribution is -0.565. The molecule has 0 N–H and O–H groups in total. The van der Waals surface area contributed by atoms with Gasteiger partial charge in [-0.25, -0.2) is 9.97 Å². The van der Waals surface area contributed by atoms with Crippen LogP contribution < -0.4 is 4.57 Å². The molecule has 0 aliphatic carbocycles. The summed E-state index contributed by atoms with van der Waals surface area (Å²) in [6.45, 7) is 0. The number of hydrogen-bond donors (Lipinski definition) is 0. The number of rotatable bonds is 7. The summed E-state index contributed by atoms with van der Waals surface area (Å²) in [5.41, 5.74) is 15.3. The molecule has 0 amide bonds. The Labute approximate surface area is 365 Å². The molecule has 0 saturated carbocycles. The molecule has 3 heterocycles. The highest BCUT2D eigenvalue weighted by Gasteiger charge is 2.23. The van der Waals surface area contributed by atoms with Gasteiger partial charge in [0.25, 0.3) is 0 Å². The SMILES string of the molecule is c1ccc(-c2cc(-c3ccccc3)nc(-c3cccc(-c4ccc(-c5ccc6c(c5)c5c7c8ccccc8c[n+](-c8ccccc8)c7ccc5n6-c5ccccc5)cc4)c3)n2)cc1. The van der Waals surface area contributed by atoms with Crippen LogP contribution in [-0.4, -0.2) is 14.5 Å². The van der Waals surface area contributed by atoms with Gasteiger partial charge in [0, 0.05) is 62.1 Å². The molecule has 63 heavy (non-hydrogen) atoms. The third-order valence-electron chi connectivity index (χ3n) is 12.3. The standard InChI is InChI=1S/C59H39N4/c1-5-16-42(17-6-1)52-38-53(43-18-7-2-8-19-43)61-59(60-52)46-22-15-21-44(36-46)40-28-30-41(31-29-40)45-32-33-54-51(37-45)58-56(63(54)49-25-11-4-12-26-49)35-34-55-57(58)50-27-14-13-20-47(50)39-62(55)48-23-9-3-10-24-48/h1-39H/q+1. The van der Waals surface area contributed by atoms with Crippen LogP contribution in [0, 0.1) is 0 Å². The molecular formula is C59H39N4+. The van der Waals surface area contributed by atoms with E-state index in [2.05, 4.69) is 234 Å². The Bertz CT molecular complexity index is 3580. The lowest BCUT2D eigenvalue weighted by Crippen LogP contribution is -2.31. The molecule has 0 saturated heterocycles. The van der Waals surface area contributed by atoms with Gasteiger partial charge in [-0.05, 0) is 70.8 Å². The number of benzene rings is 9. The first kappa shape index (κ1) is 36.4. The summed E-state index contributed by atoms with van der Waals surface area (Å²) >= 11 is 0. The van der Waals surface area contributed by atoms with Crippen LogP contribution in [0.2, 0.25) is 0 Å². The van der Waals surface area contributed by atoms with Crippen molar-refractivity contribution >= 4 is 43.5 Å². The maximum absolute atomic E-state index is 5.10. The van der Waals surface area contributed by atoms with Gasteiger partial charge in [-0.15, -0.1) is 0 Å². The molecule has 0 spiro atoms. The topological polar surface area (TPSA) is 34.6 Å². The Kier molecular flexibility index (Phi) is 8.79. The average molecular weight is 804 g/mol. The highest BCUT2D eigenvalue weighted by molar-refractivity contribution is 6.27. The van der Waals surface area contributed by atoms with E-state index in [0.717, 1.165) is 56.1 Å². The van der Waals surface area contributed by atoms with E-state index in [1.807, 2.05) is 12.1 Å². The minimum atomic E-state index is 0.700. The lowest BCUT2D eigenvalue weighted by atomic mass is 9.96. The molecule has 12 rings (SSSR count). The first-order chi connectivity index (χ1) is 31.2. The van der Waals surface area contributed by atoms with E-state index in [-0.39, 0.29) is 0 Å². The minimum absolute atomic E-state index is 0.700. The van der Waals surface area contributed by atoms with Crippen molar-refractivity contribution in [3.05, 3.63) is 237 Å². The van der Waals surface area contributed by atoms with Gasteiger partial charge in [0.05, 0.1) is 27.8 Å². The molecule has 4 nitrogen and oxygen atoms in total. The molecule has 0 aliphatic heterocycles. The summed E-state index contributed by atoms with van der Waals surface area (Å²) in [6, 6.07) is 82.0. The van der Waals surface area contributed by atoms with Crippen molar-refractivity contribution in [3.8, 4) is 67.5 Å². The smallest absolute Gasteiger partial charge is 0.219 e. The van der Waals surface area contributed by atoms with E-state index in [1.54, 1.807) is 0 Å². The molecule has 3 aromatic heterocycles. The van der Waals surface area contributed by atoms with E-state index in [0.29, 0.717) is 5.82 Å². The molecule has 0 atom stereocenters. The molecular weight excluding hydrogens is 765 g/mol. The molecule has 294 valence electrons. The Hall–Kier alpha value is -8.47. The van der Waals surface area contributed by atoms with Gasteiger partial charge in [0.2, 0.25) is 11.2 Å². The Morgan fingerprint density at radius 3 is 1.57 bits per heavy atom. The molecule has 0 bridgehead atoms. The largest absolute Gasteiger partial charge is 0.309 e. The molecule has 12 aromatic rings. The highest BCUT2D eigenvalue weighted by atomic mass is 15.0. The molecule has 0 unspecified atom stereocenters. The zero-order chi connectivity index (χ0) is 41.7. The van der Waals surface area contributed by atoms with E-state index in [9.17, 15) is 0 Å². The summed E-state index contributed by atoms with van der Waals surface area (Å²) in [4.78, 5) is 10.2. The molecule has 0 radical (unpaired) electrons. The average Bonchev–Trinajstić information content (AvgIpc) is 3.71. The van der Waals surface area contributed by atoms with Crippen LogP contribution in [0.15, 0.2) is 237 Å². The van der Waals surface area contributed by atoms with Crippen LogP contribution >= 0.6 is 0 Å². The van der Waals surface area contributed by atoms with Crippen molar-refractivity contribution < 1.29 is 4.57 Å². The summed E-state index contributed by atoms with van der Waals surface area (Å²) < 4.78 is 4.76. The van der Waals surface area contributed by atoms with Crippen molar-refractivity contribution in [2.75, 3.05) is 0 Å². The first-order valence-electron chi connectivity index (χ1n) is 21.4. The van der Waals surface area contributed by atoms with Crippen molar-refractivity contribution in [3.63, 3.8) is 0 Å². The molecule has 9 aromatic carbocycles. The summed E-state index contributed by atoms with van der Waals surface area (Å²) in [5, 5.41) is 6.15. The zero-order valence-electron chi connectivity index (χ0n) is 34.3. The van der Waals surface area contributed by atoms with Gasteiger partial charge in [0.1, 0.15) is 0 Å². The van der Waals surface area contributed by atoms with Crippen molar-refractivity contribution in [1.29, 1.82) is 0 Å². The second-order valence-corrected chi connectivity index (χ2v) is 16.0. The number of aromatic nitrogens is 4. The van der Waals surface area contributed by atoms with Gasteiger partial charge >= 0.3 is 0 Å². The van der Waals surface area contributed by atoms with E-state index in [4.69, 9.17) is 9.97 Å². The second-order valence-electron chi connectivity index (χ2n) is 16.0. The second kappa shape index (κ2) is 15.2. The quantitative estimate of drug-likeness (QED) is 0.119. The summed E-state index contributed by atoms with van der Waals surface area (Å²) in [6.07, 6.45) is 2.27. The van der Waals surface area contributed by atoms with Crippen LogP contribution in [0.25, 0.3) is 111 Å². The van der Waals surface area contributed by atoms with Crippen molar-refractivity contribution in [2.45, 2.75) is 0 Å².